The maximum Gasteiger partial charge on any atom is 0.265 e. The molecular formula is C26H54O4P-. The molecule has 0 heterocycles. The largest absolute Gasteiger partial charge is 0.756 e. The Bertz CT molecular complexity index is 384. The predicted octanol–water partition coefficient (Wildman–Crippen LogP) is 8.85. The summed E-state index contributed by atoms with van der Waals surface area (Å²) in [4.78, 5) is 18.9. The molecule has 0 aromatic carbocycles. The van der Waals surface area contributed by atoms with Crippen molar-refractivity contribution < 1.29 is 18.9 Å². The van der Waals surface area contributed by atoms with Crippen LogP contribution in [-0.4, -0.2) is 11.5 Å². The minimum atomic E-state index is -4.51. The molecule has 0 radical (unpaired) electrons. The van der Waals surface area contributed by atoms with Gasteiger partial charge in [-0.2, -0.15) is 0 Å². The minimum absolute atomic E-state index is 0.108. The van der Waals surface area contributed by atoms with E-state index in [4.69, 9.17) is 4.89 Å². The second-order valence-electron chi connectivity index (χ2n) is 9.43. The van der Waals surface area contributed by atoms with Crippen molar-refractivity contribution >= 4 is 7.82 Å². The van der Waals surface area contributed by atoms with Crippen LogP contribution in [-0.2, 0) is 9.09 Å². The van der Waals surface area contributed by atoms with Gasteiger partial charge < -0.3 is 14.3 Å². The normalized spacial score (nSPS) is 13.5. The third-order valence-electron chi connectivity index (χ3n) is 6.25. The van der Waals surface area contributed by atoms with E-state index in [0.29, 0.717) is 6.42 Å². The van der Waals surface area contributed by atoms with Crippen molar-refractivity contribution in [1.82, 2.24) is 0 Å². The van der Waals surface area contributed by atoms with Gasteiger partial charge in [-0.1, -0.05) is 155 Å². The van der Waals surface area contributed by atoms with Crippen molar-refractivity contribution in [2.24, 2.45) is 0 Å². The zero-order valence-electron chi connectivity index (χ0n) is 20.8. The number of rotatable bonds is 26. The summed E-state index contributed by atoms with van der Waals surface area (Å²) in [7, 11) is -4.51. The maximum atomic E-state index is 10.4. The van der Waals surface area contributed by atoms with Gasteiger partial charge in [-0.05, 0) is 6.42 Å². The summed E-state index contributed by atoms with van der Waals surface area (Å²) in [6, 6.07) is 0. The van der Waals surface area contributed by atoms with Gasteiger partial charge in [0.15, 0.2) is 0 Å². The fraction of sp³-hybridized carbons (Fsp3) is 1.00. The Morgan fingerprint density at radius 3 is 0.968 bits per heavy atom. The highest BCUT2D eigenvalue weighted by molar-refractivity contribution is 7.44. The molecule has 0 saturated carbocycles. The molecule has 1 unspecified atom stereocenters. The molecule has 4 nitrogen and oxygen atoms in total. The van der Waals surface area contributed by atoms with E-state index < -0.39 is 7.82 Å². The molecule has 0 rings (SSSR count). The molecule has 31 heavy (non-hydrogen) atoms. The zero-order valence-corrected chi connectivity index (χ0v) is 21.7. The fourth-order valence-corrected chi connectivity index (χ4v) is 4.60. The standard InChI is InChI=1S/C26H55O4P/c1-2-3-4-5-6-7-8-9-10-11-12-13-14-15-16-17-18-19-20-21-22-23-24-25-26-30-31(27,28)29/h2-26H2,1H3,(H2,27,28,29)/p-1. The van der Waals surface area contributed by atoms with Gasteiger partial charge in [-0.3, -0.25) is 4.57 Å². The van der Waals surface area contributed by atoms with E-state index in [1.165, 1.54) is 135 Å². The Labute approximate surface area is 194 Å². The summed E-state index contributed by atoms with van der Waals surface area (Å²) in [5.74, 6) is 0. The van der Waals surface area contributed by atoms with Crippen molar-refractivity contribution in [1.29, 1.82) is 0 Å². The van der Waals surface area contributed by atoms with Crippen molar-refractivity contribution in [3.8, 4) is 0 Å². The van der Waals surface area contributed by atoms with E-state index in [-0.39, 0.29) is 6.61 Å². The lowest BCUT2D eigenvalue weighted by molar-refractivity contribution is -0.219. The highest BCUT2D eigenvalue weighted by atomic mass is 31.2. The molecule has 0 aliphatic heterocycles. The first-order chi connectivity index (χ1) is 15.1. The monoisotopic (exact) mass is 461 g/mol. The van der Waals surface area contributed by atoms with Crippen LogP contribution >= 0.6 is 7.82 Å². The number of phosphoric acid groups is 1. The number of phosphoric ester groups is 1. The molecule has 0 saturated heterocycles. The van der Waals surface area contributed by atoms with Crippen molar-refractivity contribution in [2.75, 3.05) is 6.61 Å². The molecule has 0 amide bonds. The molecular weight excluding hydrogens is 407 g/mol. The van der Waals surface area contributed by atoms with Crippen molar-refractivity contribution in [3.63, 3.8) is 0 Å². The third-order valence-corrected chi connectivity index (χ3v) is 6.76. The minimum Gasteiger partial charge on any atom is -0.756 e. The third kappa shape index (κ3) is 30.1. The lowest BCUT2D eigenvalue weighted by atomic mass is 10.0. The van der Waals surface area contributed by atoms with Crippen LogP contribution in [0.1, 0.15) is 161 Å². The lowest BCUT2D eigenvalue weighted by Crippen LogP contribution is -2.04. The summed E-state index contributed by atoms with van der Waals surface area (Å²) in [6.45, 7) is 2.39. The maximum absolute atomic E-state index is 10.4. The predicted molar refractivity (Wildman–Crippen MR) is 132 cm³/mol. The number of hydrogen-bond acceptors (Lipinski definition) is 3. The van der Waals surface area contributed by atoms with Crippen LogP contribution in [0.15, 0.2) is 0 Å². The van der Waals surface area contributed by atoms with Crippen LogP contribution in [0.3, 0.4) is 0 Å². The molecule has 0 fully saturated rings. The van der Waals surface area contributed by atoms with Gasteiger partial charge in [0.2, 0.25) is 0 Å². The summed E-state index contributed by atoms with van der Waals surface area (Å²) >= 11 is 0. The van der Waals surface area contributed by atoms with Gasteiger partial charge in [0, 0.05) is 0 Å². The summed E-state index contributed by atoms with van der Waals surface area (Å²) in [5.41, 5.74) is 0. The van der Waals surface area contributed by atoms with E-state index in [9.17, 15) is 9.46 Å². The second kappa shape index (κ2) is 24.7. The molecule has 5 heteroatoms. The smallest absolute Gasteiger partial charge is 0.265 e. The SMILES string of the molecule is CCCCCCCCCCCCCCCCCCCCCCCCCCOP(=O)([O-])O. The van der Waals surface area contributed by atoms with Crippen LogP contribution < -0.4 is 4.89 Å². The highest BCUT2D eigenvalue weighted by Crippen LogP contribution is 2.30. The summed E-state index contributed by atoms with van der Waals surface area (Å²) in [6.07, 6.45) is 32.3. The van der Waals surface area contributed by atoms with Gasteiger partial charge in [0.25, 0.3) is 7.82 Å². The first-order valence-electron chi connectivity index (χ1n) is 13.7. The van der Waals surface area contributed by atoms with Crippen LogP contribution in [0, 0.1) is 0 Å². The van der Waals surface area contributed by atoms with E-state index in [0.717, 1.165) is 12.8 Å². The Hall–Kier alpha value is 0.110. The van der Waals surface area contributed by atoms with Gasteiger partial charge in [0.1, 0.15) is 0 Å². The van der Waals surface area contributed by atoms with Gasteiger partial charge in [-0.25, -0.2) is 0 Å². The molecule has 1 N–H and O–H groups in total. The average Bonchev–Trinajstić information content (AvgIpc) is 2.73. The van der Waals surface area contributed by atoms with E-state index in [2.05, 4.69) is 11.4 Å². The molecule has 188 valence electrons. The molecule has 0 bridgehead atoms. The fourth-order valence-electron chi connectivity index (χ4n) is 4.24. The molecule has 1 atom stereocenters. The first kappa shape index (κ1) is 31.1. The molecule has 0 aliphatic carbocycles. The highest BCUT2D eigenvalue weighted by Gasteiger charge is 2.00. The van der Waals surface area contributed by atoms with Crippen molar-refractivity contribution in [2.45, 2.75) is 161 Å². The second-order valence-corrected chi connectivity index (χ2v) is 10.6. The summed E-state index contributed by atoms with van der Waals surface area (Å²) in [5, 5.41) is 0. The van der Waals surface area contributed by atoms with Crippen LogP contribution in [0.5, 0.6) is 0 Å². The zero-order chi connectivity index (χ0) is 22.9. The molecule has 0 aromatic rings. The molecule has 0 spiro atoms. The quantitative estimate of drug-likeness (QED) is 0.103. The number of unbranched alkanes of at least 4 members (excludes halogenated alkanes) is 23. The van der Waals surface area contributed by atoms with Gasteiger partial charge in [-0.15, -0.1) is 0 Å². The van der Waals surface area contributed by atoms with E-state index in [1.807, 2.05) is 0 Å². The topological polar surface area (TPSA) is 69.6 Å². The van der Waals surface area contributed by atoms with Crippen LogP contribution in [0.2, 0.25) is 0 Å². The Morgan fingerprint density at radius 1 is 0.516 bits per heavy atom. The first-order valence-corrected chi connectivity index (χ1v) is 15.2. The van der Waals surface area contributed by atoms with Crippen LogP contribution in [0.4, 0.5) is 0 Å². The van der Waals surface area contributed by atoms with Gasteiger partial charge >= 0.3 is 0 Å². The van der Waals surface area contributed by atoms with Gasteiger partial charge in [0.05, 0.1) is 6.61 Å². The van der Waals surface area contributed by atoms with Crippen LogP contribution in [0.25, 0.3) is 0 Å². The molecule has 0 aromatic heterocycles. The van der Waals surface area contributed by atoms with E-state index in [1.54, 1.807) is 0 Å². The molecule has 0 aliphatic rings. The number of hydrogen-bond donors (Lipinski definition) is 1. The Kier molecular flexibility index (Phi) is 24.8. The van der Waals surface area contributed by atoms with E-state index >= 15 is 0 Å². The Balaban J connectivity index is 3.03. The summed E-state index contributed by atoms with van der Waals surface area (Å²) < 4.78 is 14.8. The Morgan fingerprint density at radius 2 is 0.742 bits per heavy atom. The van der Waals surface area contributed by atoms with Crippen molar-refractivity contribution in [3.05, 3.63) is 0 Å². The average molecular weight is 462 g/mol. The lowest BCUT2D eigenvalue weighted by Gasteiger charge is -2.14.